The molecule has 0 saturated carbocycles. The number of benzene rings is 1. The van der Waals surface area contributed by atoms with Gasteiger partial charge in [-0.05, 0) is 36.6 Å². The van der Waals surface area contributed by atoms with Crippen molar-refractivity contribution in [1.29, 1.82) is 0 Å². The van der Waals surface area contributed by atoms with Gasteiger partial charge in [-0.25, -0.2) is 0 Å². The fourth-order valence-electron chi connectivity index (χ4n) is 1.81. The molecule has 1 rings (SSSR count). The molecular weight excluding hydrogens is 300 g/mol. The first-order valence-corrected chi connectivity index (χ1v) is 7.81. The molecule has 1 aromatic rings. The van der Waals surface area contributed by atoms with Crippen LogP contribution >= 0.6 is 12.4 Å². The molecule has 0 saturated heterocycles. The van der Waals surface area contributed by atoms with Gasteiger partial charge in [-0.15, -0.1) is 12.4 Å². The summed E-state index contributed by atoms with van der Waals surface area (Å²) in [6, 6.07) is 7.75. The molecule has 1 amide bonds. The first kappa shape index (κ1) is 20.7. The van der Waals surface area contributed by atoms with Gasteiger partial charge in [0.25, 0.3) is 0 Å². The SMILES string of the molecule is CCCNCCNC(=O)Cc1ccc(OCC(C)C)cc1.Cl. The van der Waals surface area contributed by atoms with Gasteiger partial charge in [0.15, 0.2) is 0 Å². The lowest BCUT2D eigenvalue weighted by Crippen LogP contribution is -2.32. The van der Waals surface area contributed by atoms with Crippen molar-refractivity contribution in [1.82, 2.24) is 10.6 Å². The van der Waals surface area contributed by atoms with E-state index in [0.29, 0.717) is 25.5 Å². The third-order valence-electron chi connectivity index (χ3n) is 2.92. The summed E-state index contributed by atoms with van der Waals surface area (Å²) in [5.41, 5.74) is 1.01. The molecule has 0 spiro atoms. The van der Waals surface area contributed by atoms with Crippen molar-refractivity contribution >= 4 is 18.3 Å². The molecule has 5 heteroatoms. The zero-order valence-electron chi connectivity index (χ0n) is 13.9. The number of carbonyl (C=O) groups excluding carboxylic acids is 1. The zero-order valence-corrected chi connectivity index (χ0v) is 14.7. The zero-order chi connectivity index (χ0) is 15.5. The Balaban J connectivity index is 0.00000441. The molecular formula is C17H29ClN2O2. The van der Waals surface area contributed by atoms with E-state index in [1.165, 1.54) is 0 Å². The van der Waals surface area contributed by atoms with Crippen LogP contribution in [0.3, 0.4) is 0 Å². The monoisotopic (exact) mass is 328 g/mol. The third kappa shape index (κ3) is 9.64. The van der Waals surface area contributed by atoms with Crippen LogP contribution < -0.4 is 15.4 Å². The molecule has 4 nitrogen and oxygen atoms in total. The van der Waals surface area contributed by atoms with Crippen molar-refractivity contribution < 1.29 is 9.53 Å². The first-order valence-electron chi connectivity index (χ1n) is 7.81. The Morgan fingerprint density at radius 2 is 1.82 bits per heavy atom. The highest BCUT2D eigenvalue weighted by Gasteiger charge is 2.03. The van der Waals surface area contributed by atoms with Crippen molar-refractivity contribution in [3.05, 3.63) is 29.8 Å². The predicted octanol–water partition coefficient (Wildman–Crippen LogP) is 2.80. The number of nitrogens with one attached hydrogen (secondary N) is 2. The number of halogens is 1. The summed E-state index contributed by atoms with van der Waals surface area (Å²) in [5, 5.41) is 6.17. The van der Waals surface area contributed by atoms with Crippen molar-refractivity contribution in [2.24, 2.45) is 5.92 Å². The van der Waals surface area contributed by atoms with E-state index in [2.05, 4.69) is 31.4 Å². The lowest BCUT2D eigenvalue weighted by molar-refractivity contribution is -0.120. The Morgan fingerprint density at radius 1 is 1.14 bits per heavy atom. The highest BCUT2D eigenvalue weighted by Crippen LogP contribution is 2.13. The smallest absolute Gasteiger partial charge is 0.224 e. The van der Waals surface area contributed by atoms with Gasteiger partial charge in [0.05, 0.1) is 13.0 Å². The Morgan fingerprint density at radius 3 is 2.41 bits per heavy atom. The van der Waals surface area contributed by atoms with Crippen molar-refractivity contribution in [3.63, 3.8) is 0 Å². The van der Waals surface area contributed by atoms with E-state index in [4.69, 9.17) is 4.74 Å². The number of rotatable bonds is 10. The number of amides is 1. The van der Waals surface area contributed by atoms with E-state index in [0.717, 1.165) is 30.8 Å². The maximum absolute atomic E-state index is 11.8. The molecule has 0 aliphatic carbocycles. The van der Waals surface area contributed by atoms with Crippen LogP contribution in [0.15, 0.2) is 24.3 Å². The molecule has 2 N–H and O–H groups in total. The van der Waals surface area contributed by atoms with Crippen LogP contribution in [0.1, 0.15) is 32.8 Å². The average molecular weight is 329 g/mol. The van der Waals surface area contributed by atoms with Crippen LogP contribution in [0.25, 0.3) is 0 Å². The second-order valence-electron chi connectivity index (χ2n) is 5.63. The van der Waals surface area contributed by atoms with E-state index < -0.39 is 0 Å². The summed E-state index contributed by atoms with van der Waals surface area (Å²) in [6.07, 6.45) is 1.53. The minimum absolute atomic E-state index is 0. The van der Waals surface area contributed by atoms with Crippen LogP contribution in [-0.4, -0.2) is 32.1 Å². The van der Waals surface area contributed by atoms with Gasteiger partial charge in [-0.2, -0.15) is 0 Å². The Hall–Kier alpha value is -1.26. The lowest BCUT2D eigenvalue weighted by atomic mass is 10.1. The molecule has 0 heterocycles. The Labute approximate surface area is 140 Å². The molecule has 1 aromatic carbocycles. The fourth-order valence-corrected chi connectivity index (χ4v) is 1.81. The van der Waals surface area contributed by atoms with E-state index in [1.54, 1.807) is 0 Å². The number of ether oxygens (including phenoxy) is 1. The molecule has 0 fully saturated rings. The molecule has 126 valence electrons. The van der Waals surface area contributed by atoms with E-state index >= 15 is 0 Å². The minimum atomic E-state index is 0. The molecule has 0 atom stereocenters. The molecule has 0 aliphatic heterocycles. The molecule has 0 bridgehead atoms. The van der Waals surface area contributed by atoms with Crippen LogP contribution in [0.5, 0.6) is 5.75 Å². The summed E-state index contributed by atoms with van der Waals surface area (Å²) in [6.45, 7) is 9.57. The van der Waals surface area contributed by atoms with Gasteiger partial charge in [0, 0.05) is 13.1 Å². The van der Waals surface area contributed by atoms with Crippen LogP contribution in [0, 0.1) is 5.92 Å². The quantitative estimate of drug-likeness (QED) is 0.649. The highest BCUT2D eigenvalue weighted by molar-refractivity contribution is 5.85. The summed E-state index contributed by atoms with van der Waals surface area (Å²) < 4.78 is 5.62. The number of hydrogen-bond donors (Lipinski definition) is 2. The lowest BCUT2D eigenvalue weighted by Gasteiger charge is -2.09. The van der Waals surface area contributed by atoms with E-state index in [9.17, 15) is 4.79 Å². The first-order chi connectivity index (χ1) is 10.1. The topological polar surface area (TPSA) is 50.4 Å². The molecule has 22 heavy (non-hydrogen) atoms. The van der Waals surface area contributed by atoms with Crippen LogP contribution in [-0.2, 0) is 11.2 Å². The summed E-state index contributed by atoms with van der Waals surface area (Å²) in [4.78, 5) is 11.8. The second kappa shape index (κ2) is 12.3. The fraction of sp³-hybridized carbons (Fsp3) is 0.588. The maximum atomic E-state index is 11.8. The minimum Gasteiger partial charge on any atom is -0.493 e. The van der Waals surface area contributed by atoms with Gasteiger partial charge in [0.1, 0.15) is 5.75 Å². The second-order valence-corrected chi connectivity index (χ2v) is 5.63. The van der Waals surface area contributed by atoms with Gasteiger partial charge < -0.3 is 15.4 Å². The molecule has 0 aromatic heterocycles. The van der Waals surface area contributed by atoms with Crippen molar-refractivity contribution in [3.8, 4) is 5.75 Å². The molecule has 0 radical (unpaired) electrons. The average Bonchev–Trinajstić information content (AvgIpc) is 2.46. The van der Waals surface area contributed by atoms with E-state index in [-0.39, 0.29) is 18.3 Å². The highest BCUT2D eigenvalue weighted by atomic mass is 35.5. The third-order valence-corrected chi connectivity index (χ3v) is 2.92. The maximum Gasteiger partial charge on any atom is 0.224 e. The molecule has 0 aliphatic rings. The van der Waals surface area contributed by atoms with Gasteiger partial charge in [0.2, 0.25) is 5.91 Å². The van der Waals surface area contributed by atoms with Gasteiger partial charge in [-0.1, -0.05) is 32.9 Å². The molecule has 0 unspecified atom stereocenters. The number of carbonyl (C=O) groups is 1. The van der Waals surface area contributed by atoms with Crippen LogP contribution in [0.2, 0.25) is 0 Å². The van der Waals surface area contributed by atoms with E-state index in [1.807, 2.05) is 24.3 Å². The van der Waals surface area contributed by atoms with Gasteiger partial charge >= 0.3 is 0 Å². The Kier molecular flexibility index (Phi) is 11.6. The van der Waals surface area contributed by atoms with Gasteiger partial charge in [-0.3, -0.25) is 4.79 Å². The number of hydrogen-bond acceptors (Lipinski definition) is 3. The normalized spacial score (nSPS) is 10.2. The van der Waals surface area contributed by atoms with Crippen LogP contribution in [0.4, 0.5) is 0 Å². The summed E-state index contributed by atoms with van der Waals surface area (Å²) in [7, 11) is 0. The largest absolute Gasteiger partial charge is 0.493 e. The summed E-state index contributed by atoms with van der Waals surface area (Å²) in [5.74, 6) is 1.43. The van der Waals surface area contributed by atoms with Crippen molar-refractivity contribution in [2.45, 2.75) is 33.6 Å². The standard InChI is InChI=1S/C17H28N2O2.ClH/c1-4-9-18-10-11-19-17(20)12-15-5-7-16(8-6-15)21-13-14(2)3;/h5-8,14,18H,4,9-13H2,1-3H3,(H,19,20);1H. The Bertz CT molecular complexity index is 408. The predicted molar refractivity (Wildman–Crippen MR) is 93.9 cm³/mol. The summed E-state index contributed by atoms with van der Waals surface area (Å²) >= 11 is 0. The van der Waals surface area contributed by atoms with Crippen molar-refractivity contribution in [2.75, 3.05) is 26.2 Å².